The van der Waals surface area contributed by atoms with Gasteiger partial charge in [0.1, 0.15) is 5.75 Å². The van der Waals surface area contributed by atoms with Crippen LogP contribution < -0.4 is 15.0 Å². The van der Waals surface area contributed by atoms with Crippen LogP contribution in [-0.4, -0.2) is 55.2 Å². The van der Waals surface area contributed by atoms with E-state index < -0.39 is 12.0 Å². The van der Waals surface area contributed by atoms with Crippen LogP contribution in [0.4, 0.5) is 21.7 Å². The Kier molecular flexibility index (Phi) is 4.19. The zero-order valence-corrected chi connectivity index (χ0v) is 13.2. The topological polar surface area (TPSA) is 53.5 Å². The Balaban J connectivity index is 1.85. The molecule has 1 fully saturated rings. The number of likely N-dealkylation sites (N-methyl/N-ethyl adjacent to an activating group) is 1. The Morgan fingerprint density at radius 3 is 2.74 bits per heavy atom. The fourth-order valence-electron chi connectivity index (χ4n) is 2.52. The van der Waals surface area contributed by atoms with E-state index in [0.29, 0.717) is 11.4 Å². The summed E-state index contributed by atoms with van der Waals surface area (Å²) < 4.78 is 25.9. The molecule has 1 N–H and O–H groups in total. The normalized spacial score (nSPS) is 16.1. The maximum absolute atomic E-state index is 13.1. The van der Waals surface area contributed by atoms with Gasteiger partial charge >= 0.3 is 0 Å². The van der Waals surface area contributed by atoms with Gasteiger partial charge in [0.2, 0.25) is 5.95 Å². The van der Waals surface area contributed by atoms with Crippen LogP contribution in [0.3, 0.4) is 0 Å². The van der Waals surface area contributed by atoms with Crippen LogP contribution >= 0.6 is 0 Å². The summed E-state index contributed by atoms with van der Waals surface area (Å²) in [5.74, 6) is 0.0428. The third kappa shape index (κ3) is 3.68. The first-order valence-electron chi connectivity index (χ1n) is 7.94. The molecule has 23 heavy (non-hydrogen) atoms. The number of hydrogen-bond acceptors (Lipinski definition) is 6. The summed E-state index contributed by atoms with van der Waals surface area (Å²) >= 11 is 0. The van der Waals surface area contributed by atoms with Gasteiger partial charge in [0.05, 0.1) is 26.5 Å². The number of halogens is 1. The van der Waals surface area contributed by atoms with Gasteiger partial charge < -0.3 is 19.9 Å². The van der Waals surface area contributed by atoms with Gasteiger partial charge in [-0.1, -0.05) is 0 Å². The summed E-state index contributed by atoms with van der Waals surface area (Å²) in [6.07, 6.45) is 0.538. The average molecular weight is 318 g/mol. The third-order valence-electron chi connectivity index (χ3n) is 3.87. The second-order valence-corrected chi connectivity index (χ2v) is 5.45. The Morgan fingerprint density at radius 2 is 2.04 bits per heavy atom. The molecule has 1 aromatic carbocycles. The number of methoxy groups -OCH3 is 1. The first-order chi connectivity index (χ1) is 11.6. The predicted molar refractivity (Wildman–Crippen MR) is 88.0 cm³/mol. The first kappa shape index (κ1) is 14.2. The molecular formula is C16H20FN5O. The van der Waals surface area contributed by atoms with Crippen molar-refractivity contribution in [2.24, 2.45) is 0 Å². The SMILES string of the molecule is [2H]c1nc(Nc2cc(N3CCN(C)CC3)ccc2OC)ncc1F. The van der Waals surface area contributed by atoms with Crippen LogP contribution in [-0.2, 0) is 0 Å². The van der Waals surface area contributed by atoms with Crippen molar-refractivity contribution in [2.45, 2.75) is 0 Å². The van der Waals surface area contributed by atoms with Crippen molar-refractivity contribution in [3.8, 4) is 5.75 Å². The van der Waals surface area contributed by atoms with Gasteiger partial charge in [-0.3, -0.25) is 0 Å². The second-order valence-electron chi connectivity index (χ2n) is 5.45. The standard InChI is InChI=1S/C16H20FN5O/c1-21-5-7-22(8-6-21)13-3-4-15(23-2)14(9-13)20-16-18-10-12(17)11-19-16/h3-4,9-11H,5-8H2,1-2H3,(H,18,19,20)/i10D. The highest BCUT2D eigenvalue weighted by Crippen LogP contribution is 2.31. The lowest BCUT2D eigenvalue weighted by molar-refractivity contribution is 0.313. The molecule has 0 unspecified atom stereocenters. The maximum atomic E-state index is 13.1. The van der Waals surface area contributed by atoms with E-state index in [9.17, 15) is 4.39 Å². The summed E-state index contributed by atoms with van der Waals surface area (Å²) in [6.45, 7) is 3.93. The molecule has 0 radical (unpaired) electrons. The molecule has 0 aliphatic carbocycles. The predicted octanol–water partition coefficient (Wildman–Crippen LogP) is 2.12. The van der Waals surface area contributed by atoms with Crippen LogP contribution in [0.25, 0.3) is 0 Å². The molecule has 1 aliphatic rings. The molecule has 1 saturated heterocycles. The minimum atomic E-state index is -0.751. The average Bonchev–Trinajstić information content (AvgIpc) is 2.59. The second kappa shape index (κ2) is 6.78. The van der Waals surface area contributed by atoms with Crippen LogP contribution in [0.2, 0.25) is 0 Å². The van der Waals surface area contributed by atoms with E-state index in [1.807, 2.05) is 18.2 Å². The zero-order valence-electron chi connectivity index (χ0n) is 14.2. The van der Waals surface area contributed by atoms with E-state index in [1.54, 1.807) is 7.11 Å². The summed E-state index contributed by atoms with van der Waals surface area (Å²) in [7, 11) is 3.69. The van der Waals surface area contributed by atoms with Crippen molar-refractivity contribution in [3.63, 3.8) is 0 Å². The molecule has 6 nitrogen and oxygen atoms in total. The summed E-state index contributed by atoms with van der Waals surface area (Å²) in [4.78, 5) is 12.2. The number of piperazine rings is 1. The fourth-order valence-corrected chi connectivity index (χ4v) is 2.52. The number of ether oxygens (including phenoxy) is 1. The Hall–Kier alpha value is -2.41. The number of nitrogens with zero attached hydrogens (tertiary/aromatic N) is 4. The van der Waals surface area contributed by atoms with Crippen LogP contribution in [0.5, 0.6) is 5.75 Å². The van der Waals surface area contributed by atoms with Gasteiger partial charge in [-0.15, -0.1) is 0 Å². The quantitative estimate of drug-likeness (QED) is 0.932. The lowest BCUT2D eigenvalue weighted by Gasteiger charge is -2.34. The van der Waals surface area contributed by atoms with Crippen molar-refractivity contribution >= 4 is 17.3 Å². The molecule has 2 heterocycles. The molecule has 0 saturated carbocycles. The molecule has 1 aliphatic heterocycles. The number of hydrogen-bond donors (Lipinski definition) is 1. The monoisotopic (exact) mass is 318 g/mol. The zero-order chi connectivity index (χ0) is 17.1. The highest BCUT2D eigenvalue weighted by Gasteiger charge is 2.16. The van der Waals surface area contributed by atoms with Crippen molar-refractivity contribution in [3.05, 3.63) is 36.4 Å². The largest absolute Gasteiger partial charge is 0.495 e. The number of anilines is 3. The third-order valence-corrected chi connectivity index (χ3v) is 3.87. The van der Waals surface area contributed by atoms with Gasteiger partial charge in [0, 0.05) is 31.9 Å². The van der Waals surface area contributed by atoms with Gasteiger partial charge in [0.25, 0.3) is 0 Å². The van der Waals surface area contributed by atoms with Crippen molar-refractivity contribution in [1.29, 1.82) is 0 Å². The van der Waals surface area contributed by atoms with Crippen LogP contribution in [0, 0.1) is 5.82 Å². The fraction of sp³-hybridized carbons (Fsp3) is 0.375. The lowest BCUT2D eigenvalue weighted by Crippen LogP contribution is -2.44. The molecule has 1 aromatic heterocycles. The van der Waals surface area contributed by atoms with Crippen molar-refractivity contribution < 1.29 is 10.5 Å². The number of rotatable bonds is 4. The van der Waals surface area contributed by atoms with E-state index in [2.05, 4.69) is 32.1 Å². The number of aromatic nitrogens is 2. The Labute approximate surface area is 136 Å². The molecule has 3 rings (SSSR count). The number of nitrogens with one attached hydrogen (secondary N) is 1. The highest BCUT2D eigenvalue weighted by molar-refractivity contribution is 5.69. The smallest absolute Gasteiger partial charge is 0.227 e. The lowest BCUT2D eigenvalue weighted by atomic mass is 10.2. The molecule has 122 valence electrons. The van der Waals surface area contributed by atoms with Crippen LogP contribution in [0.15, 0.2) is 30.6 Å². The van der Waals surface area contributed by atoms with Crippen molar-refractivity contribution in [1.82, 2.24) is 14.9 Å². The molecule has 0 bridgehead atoms. The summed E-state index contributed by atoms with van der Waals surface area (Å²) in [6, 6.07) is 5.85. The van der Waals surface area contributed by atoms with E-state index >= 15 is 0 Å². The van der Waals surface area contributed by atoms with Gasteiger partial charge in [-0.2, -0.15) is 0 Å². The van der Waals surface area contributed by atoms with E-state index in [-0.39, 0.29) is 5.95 Å². The molecule has 0 atom stereocenters. The molecule has 0 spiro atoms. The molecule has 0 amide bonds. The Bertz CT molecular complexity index is 722. The molecular weight excluding hydrogens is 297 g/mol. The van der Waals surface area contributed by atoms with Gasteiger partial charge in [0.15, 0.2) is 5.82 Å². The summed E-state index contributed by atoms with van der Waals surface area (Å²) in [5, 5.41) is 3.01. The summed E-state index contributed by atoms with van der Waals surface area (Å²) in [5.41, 5.74) is 1.75. The molecule has 2 aromatic rings. The molecule has 7 heteroatoms. The van der Waals surface area contributed by atoms with Crippen molar-refractivity contribution in [2.75, 3.05) is 50.6 Å². The first-order valence-corrected chi connectivity index (χ1v) is 7.44. The highest BCUT2D eigenvalue weighted by atomic mass is 19.1. The van der Waals surface area contributed by atoms with E-state index in [4.69, 9.17) is 6.11 Å². The number of benzene rings is 1. The van der Waals surface area contributed by atoms with Gasteiger partial charge in [-0.25, -0.2) is 14.4 Å². The minimum Gasteiger partial charge on any atom is -0.495 e. The van der Waals surface area contributed by atoms with E-state index in [1.165, 1.54) is 0 Å². The van der Waals surface area contributed by atoms with E-state index in [0.717, 1.165) is 38.1 Å². The Morgan fingerprint density at radius 1 is 1.26 bits per heavy atom. The maximum Gasteiger partial charge on any atom is 0.227 e. The van der Waals surface area contributed by atoms with Gasteiger partial charge in [-0.05, 0) is 25.2 Å². The minimum absolute atomic E-state index is 0.162. The van der Waals surface area contributed by atoms with Crippen LogP contribution in [0.1, 0.15) is 1.37 Å².